The number of thioether (sulfide) groups is 1. The molecule has 1 aliphatic rings. The zero-order valence-corrected chi connectivity index (χ0v) is 13.0. The molecule has 1 atom stereocenters. The fourth-order valence-corrected chi connectivity index (χ4v) is 3.31. The lowest BCUT2D eigenvalue weighted by Gasteiger charge is -2.06. The Hall–Kier alpha value is -1.74. The summed E-state index contributed by atoms with van der Waals surface area (Å²) >= 11 is 1.34. The average Bonchev–Trinajstić information content (AvgIpc) is 3.11. The smallest absolute Gasteiger partial charge is 0.197 e. The second-order valence-electron chi connectivity index (χ2n) is 6.05. The van der Waals surface area contributed by atoms with Crippen LogP contribution in [0.5, 0.6) is 11.5 Å². The molecule has 3 rings (SSSR count). The van der Waals surface area contributed by atoms with E-state index in [1.54, 1.807) is 0 Å². The van der Waals surface area contributed by atoms with E-state index in [-0.39, 0.29) is 16.4 Å². The SMILES string of the molecule is CC1(C)CC1C(=O)Sc1ccc(Oc2ccccc2)cc1. The highest BCUT2D eigenvalue weighted by atomic mass is 32.2. The number of benzene rings is 2. The number of carbonyl (C=O) groups excluding carboxylic acids is 1. The van der Waals surface area contributed by atoms with Crippen molar-refractivity contribution in [3.63, 3.8) is 0 Å². The van der Waals surface area contributed by atoms with Crippen LogP contribution >= 0.6 is 11.8 Å². The lowest BCUT2D eigenvalue weighted by Crippen LogP contribution is -2.00. The molecule has 108 valence electrons. The largest absolute Gasteiger partial charge is 0.457 e. The molecule has 0 bridgehead atoms. The van der Waals surface area contributed by atoms with Gasteiger partial charge in [0.25, 0.3) is 0 Å². The van der Waals surface area contributed by atoms with Crippen LogP contribution in [0.25, 0.3) is 0 Å². The summed E-state index contributed by atoms with van der Waals surface area (Å²) in [5.74, 6) is 1.81. The van der Waals surface area contributed by atoms with Crippen molar-refractivity contribution in [3.8, 4) is 11.5 Å². The van der Waals surface area contributed by atoms with Gasteiger partial charge in [-0.15, -0.1) is 0 Å². The summed E-state index contributed by atoms with van der Waals surface area (Å²) < 4.78 is 5.74. The molecule has 3 heteroatoms. The van der Waals surface area contributed by atoms with Crippen LogP contribution in [0, 0.1) is 11.3 Å². The van der Waals surface area contributed by atoms with Gasteiger partial charge in [-0.25, -0.2) is 0 Å². The fraction of sp³-hybridized carbons (Fsp3) is 0.278. The zero-order chi connectivity index (χ0) is 14.9. The topological polar surface area (TPSA) is 26.3 Å². The van der Waals surface area contributed by atoms with Gasteiger partial charge in [-0.1, -0.05) is 43.8 Å². The molecule has 0 N–H and O–H groups in total. The Morgan fingerprint density at radius 2 is 1.62 bits per heavy atom. The Labute approximate surface area is 129 Å². The van der Waals surface area contributed by atoms with Crippen molar-refractivity contribution in [2.75, 3.05) is 0 Å². The molecule has 0 heterocycles. The maximum Gasteiger partial charge on any atom is 0.197 e. The van der Waals surface area contributed by atoms with Gasteiger partial charge in [0.1, 0.15) is 11.5 Å². The Morgan fingerprint density at radius 1 is 1.05 bits per heavy atom. The molecule has 21 heavy (non-hydrogen) atoms. The van der Waals surface area contributed by atoms with Crippen molar-refractivity contribution < 1.29 is 9.53 Å². The highest BCUT2D eigenvalue weighted by molar-refractivity contribution is 8.13. The monoisotopic (exact) mass is 298 g/mol. The minimum absolute atomic E-state index is 0.195. The standard InChI is InChI=1S/C18H18O2S/c1-18(2)12-16(18)17(19)21-15-10-8-14(9-11-15)20-13-6-4-3-5-7-13/h3-11,16H,12H2,1-2H3. The first-order valence-corrected chi connectivity index (χ1v) is 7.91. The molecule has 1 fully saturated rings. The van der Waals surface area contributed by atoms with E-state index < -0.39 is 0 Å². The Bertz CT molecular complexity index is 632. The van der Waals surface area contributed by atoms with Crippen LogP contribution in [-0.4, -0.2) is 5.12 Å². The third-order valence-electron chi connectivity index (χ3n) is 3.82. The maximum atomic E-state index is 12.1. The second-order valence-corrected chi connectivity index (χ2v) is 7.13. The summed E-state index contributed by atoms with van der Waals surface area (Å²) in [6.07, 6.45) is 1.01. The van der Waals surface area contributed by atoms with E-state index in [9.17, 15) is 4.79 Å². The molecule has 2 aromatic rings. The van der Waals surface area contributed by atoms with Crippen LogP contribution in [0.3, 0.4) is 0 Å². The minimum Gasteiger partial charge on any atom is -0.457 e. The predicted octanol–water partition coefficient (Wildman–Crippen LogP) is 5.14. The number of para-hydroxylation sites is 1. The van der Waals surface area contributed by atoms with Gasteiger partial charge in [0.2, 0.25) is 0 Å². The van der Waals surface area contributed by atoms with E-state index in [4.69, 9.17) is 4.74 Å². The molecule has 0 amide bonds. The molecular formula is C18H18O2S. The second kappa shape index (κ2) is 5.57. The Kier molecular flexibility index (Phi) is 3.77. The zero-order valence-electron chi connectivity index (χ0n) is 12.2. The van der Waals surface area contributed by atoms with E-state index in [1.165, 1.54) is 11.8 Å². The molecule has 0 aliphatic heterocycles. The number of hydrogen-bond donors (Lipinski definition) is 0. The van der Waals surface area contributed by atoms with Crippen LogP contribution in [0.2, 0.25) is 0 Å². The molecule has 0 spiro atoms. The summed E-state index contributed by atoms with van der Waals surface area (Å²) in [4.78, 5) is 13.1. The summed E-state index contributed by atoms with van der Waals surface area (Å²) in [5.41, 5.74) is 0.195. The minimum atomic E-state index is 0.195. The summed E-state index contributed by atoms with van der Waals surface area (Å²) in [5, 5.41) is 0.275. The Balaban J connectivity index is 1.61. The van der Waals surface area contributed by atoms with E-state index in [0.29, 0.717) is 0 Å². The van der Waals surface area contributed by atoms with Gasteiger partial charge >= 0.3 is 0 Å². The molecule has 0 radical (unpaired) electrons. The predicted molar refractivity (Wildman–Crippen MR) is 85.7 cm³/mol. The molecule has 2 aromatic carbocycles. The van der Waals surface area contributed by atoms with Gasteiger partial charge in [-0.05, 0) is 48.2 Å². The summed E-state index contributed by atoms with van der Waals surface area (Å²) in [6.45, 7) is 4.29. The van der Waals surface area contributed by atoms with Crippen LogP contribution in [0.1, 0.15) is 20.3 Å². The van der Waals surface area contributed by atoms with E-state index in [1.807, 2.05) is 54.6 Å². The van der Waals surface area contributed by atoms with Crippen molar-refractivity contribution in [1.82, 2.24) is 0 Å². The van der Waals surface area contributed by atoms with Gasteiger partial charge in [-0.2, -0.15) is 0 Å². The van der Waals surface area contributed by atoms with Crippen LogP contribution < -0.4 is 4.74 Å². The molecule has 2 nitrogen and oxygen atoms in total. The quantitative estimate of drug-likeness (QED) is 0.731. The van der Waals surface area contributed by atoms with Crippen molar-refractivity contribution in [2.45, 2.75) is 25.2 Å². The lowest BCUT2D eigenvalue weighted by atomic mass is 10.1. The number of ether oxygens (including phenoxy) is 1. The van der Waals surface area contributed by atoms with Crippen LogP contribution in [0.15, 0.2) is 59.5 Å². The first kappa shape index (κ1) is 14.2. The van der Waals surface area contributed by atoms with E-state index in [0.717, 1.165) is 22.8 Å². The molecule has 1 unspecified atom stereocenters. The van der Waals surface area contributed by atoms with Crippen molar-refractivity contribution in [1.29, 1.82) is 0 Å². The van der Waals surface area contributed by atoms with Crippen LogP contribution in [-0.2, 0) is 4.79 Å². The highest BCUT2D eigenvalue weighted by Crippen LogP contribution is 2.54. The first-order valence-electron chi connectivity index (χ1n) is 7.09. The van der Waals surface area contributed by atoms with Gasteiger partial charge in [-0.3, -0.25) is 4.79 Å². The van der Waals surface area contributed by atoms with Crippen LogP contribution in [0.4, 0.5) is 0 Å². The van der Waals surface area contributed by atoms with Gasteiger partial charge in [0.05, 0.1) is 0 Å². The van der Waals surface area contributed by atoms with Crippen molar-refractivity contribution in [2.24, 2.45) is 11.3 Å². The van der Waals surface area contributed by atoms with Gasteiger partial charge in [0, 0.05) is 10.8 Å². The third kappa shape index (κ3) is 3.48. The van der Waals surface area contributed by atoms with E-state index in [2.05, 4.69) is 13.8 Å². The molecule has 1 aliphatic carbocycles. The Morgan fingerprint density at radius 3 is 2.19 bits per heavy atom. The number of carbonyl (C=O) groups is 1. The van der Waals surface area contributed by atoms with Gasteiger partial charge < -0.3 is 4.74 Å². The van der Waals surface area contributed by atoms with Crippen molar-refractivity contribution >= 4 is 16.9 Å². The highest BCUT2D eigenvalue weighted by Gasteiger charge is 2.50. The first-order chi connectivity index (χ1) is 10.0. The molecular weight excluding hydrogens is 280 g/mol. The maximum absolute atomic E-state index is 12.1. The third-order valence-corrected chi connectivity index (χ3v) is 4.81. The summed E-state index contributed by atoms with van der Waals surface area (Å²) in [6, 6.07) is 17.4. The average molecular weight is 298 g/mol. The lowest BCUT2D eigenvalue weighted by molar-refractivity contribution is -0.112. The van der Waals surface area contributed by atoms with Crippen molar-refractivity contribution in [3.05, 3.63) is 54.6 Å². The molecule has 0 aromatic heterocycles. The van der Waals surface area contributed by atoms with Gasteiger partial charge in [0.15, 0.2) is 5.12 Å². The molecule has 1 saturated carbocycles. The normalized spacial score (nSPS) is 19.0. The fourth-order valence-electron chi connectivity index (χ4n) is 2.26. The number of hydrogen-bond acceptors (Lipinski definition) is 3. The van der Waals surface area contributed by atoms with E-state index >= 15 is 0 Å². The molecule has 0 saturated heterocycles. The summed E-state index contributed by atoms with van der Waals surface area (Å²) in [7, 11) is 0. The number of rotatable bonds is 4.